The summed E-state index contributed by atoms with van der Waals surface area (Å²) in [6.07, 6.45) is 0. The molecule has 0 fully saturated rings. The Morgan fingerprint density at radius 2 is 1.89 bits per heavy atom. The second-order valence-electron chi connectivity index (χ2n) is 3.92. The molecular weight excluding hydrogens is 283 g/mol. The van der Waals surface area contributed by atoms with E-state index in [1.807, 2.05) is 30.3 Å². The predicted molar refractivity (Wildman–Crippen MR) is 80.9 cm³/mol. The van der Waals surface area contributed by atoms with Crippen LogP contribution in [0.1, 0.15) is 5.56 Å². The van der Waals surface area contributed by atoms with E-state index in [0.29, 0.717) is 17.3 Å². The third-order valence-corrected chi connectivity index (χ3v) is 3.01. The summed E-state index contributed by atoms with van der Waals surface area (Å²) in [7, 11) is 0. The lowest BCUT2D eigenvalue weighted by molar-refractivity contribution is 0.628. The zero-order valence-electron chi connectivity index (χ0n) is 9.99. The number of hydrogen-bond acceptors (Lipinski definition) is 1. The molecule has 0 aromatic heterocycles. The Labute approximate surface area is 121 Å². The van der Waals surface area contributed by atoms with Crippen molar-refractivity contribution in [1.82, 2.24) is 5.32 Å². The second-order valence-corrected chi connectivity index (χ2v) is 4.74. The number of halogens is 2. The number of thiocarbonyl (C=S) groups is 1. The molecule has 0 unspecified atom stereocenters. The van der Waals surface area contributed by atoms with Crippen LogP contribution in [0, 0.1) is 5.82 Å². The molecule has 0 radical (unpaired) electrons. The molecule has 0 atom stereocenters. The summed E-state index contributed by atoms with van der Waals surface area (Å²) >= 11 is 10.8. The SMILES string of the molecule is Fc1ccc(NC(=S)NCc2ccccc2)cc1Cl. The van der Waals surface area contributed by atoms with Crippen LogP contribution in [0.5, 0.6) is 0 Å². The van der Waals surface area contributed by atoms with Gasteiger partial charge in [0.25, 0.3) is 0 Å². The first-order valence-corrected chi connectivity index (χ1v) is 6.47. The molecule has 2 aromatic rings. The molecule has 0 spiro atoms. The predicted octanol–water partition coefficient (Wildman–Crippen LogP) is 3.97. The van der Waals surface area contributed by atoms with E-state index in [-0.39, 0.29) is 5.02 Å². The maximum atomic E-state index is 13.0. The average Bonchev–Trinajstić information content (AvgIpc) is 2.42. The van der Waals surface area contributed by atoms with Crippen molar-refractivity contribution in [3.63, 3.8) is 0 Å². The van der Waals surface area contributed by atoms with Gasteiger partial charge in [-0.25, -0.2) is 4.39 Å². The van der Waals surface area contributed by atoms with Gasteiger partial charge in [-0.05, 0) is 36.0 Å². The first kappa shape index (κ1) is 13.8. The van der Waals surface area contributed by atoms with Crippen LogP contribution >= 0.6 is 23.8 Å². The van der Waals surface area contributed by atoms with Gasteiger partial charge in [0.15, 0.2) is 5.11 Å². The van der Waals surface area contributed by atoms with Gasteiger partial charge in [-0.15, -0.1) is 0 Å². The molecule has 2 N–H and O–H groups in total. The molecule has 2 aromatic carbocycles. The normalized spacial score (nSPS) is 10.0. The number of anilines is 1. The molecule has 0 saturated heterocycles. The van der Waals surface area contributed by atoms with Crippen LogP contribution in [0.4, 0.5) is 10.1 Å². The summed E-state index contributed by atoms with van der Waals surface area (Å²) in [5.74, 6) is -0.449. The fourth-order valence-corrected chi connectivity index (χ4v) is 1.90. The summed E-state index contributed by atoms with van der Waals surface area (Å²) in [6.45, 7) is 0.627. The highest BCUT2D eigenvalue weighted by Crippen LogP contribution is 2.19. The maximum Gasteiger partial charge on any atom is 0.171 e. The molecule has 0 amide bonds. The van der Waals surface area contributed by atoms with Crippen LogP contribution in [0.2, 0.25) is 5.02 Å². The van der Waals surface area contributed by atoms with Crippen LogP contribution in [0.25, 0.3) is 0 Å². The lowest BCUT2D eigenvalue weighted by atomic mass is 10.2. The highest BCUT2D eigenvalue weighted by atomic mass is 35.5. The molecule has 2 nitrogen and oxygen atoms in total. The molecule has 0 saturated carbocycles. The summed E-state index contributed by atoms with van der Waals surface area (Å²) in [5, 5.41) is 6.54. The highest BCUT2D eigenvalue weighted by Gasteiger charge is 2.02. The molecule has 0 bridgehead atoms. The van der Waals surface area contributed by atoms with Gasteiger partial charge < -0.3 is 10.6 Å². The Bertz CT molecular complexity index is 575. The number of hydrogen-bond donors (Lipinski definition) is 2. The molecule has 5 heteroatoms. The first-order valence-electron chi connectivity index (χ1n) is 5.69. The number of benzene rings is 2. The van der Waals surface area contributed by atoms with Crippen LogP contribution < -0.4 is 10.6 Å². The minimum absolute atomic E-state index is 0.0656. The fraction of sp³-hybridized carbons (Fsp3) is 0.0714. The van der Waals surface area contributed by atoms with Gasteiger partial charge in [-0.3, -0.25) is 0 Å². The Morgan fingerprint density at radius 1 is 1.16 bits per heavy atom. The van der Waals surface area contributed by atoms with E-state index in [1.54, 1.807) is 6.07 Å². The third kappa shape index (κ3) is 4.19. The van der Waals surface area contributed by atoms with Crippen molar-refractivity contribution in [3.8, 4) is 0 Å². The van der Waals surface area contributed by atoms with Crippen molar-refractivity contribution in [3.05, 3.63) is 64.9 Å². The molecule has 0 aliphatic heterocycles. The van der Waals surface area contributed by atoms with Gasteiger partial charge in [-0.2, -0.15) is 0 Å². The topological polar surface area (TPSA) is 24.1 Å². The zero-order valence-corrected chi connectivity index (χ0v) is 11.6. The van der Waals surface area contributed by atoms with E-state index in [1.165, 1.54) is 12.1 Å². The molecular formula is C14H12ClFN2S. The van der Waals surface area contributed by atoms with E-state index >= 15 is 0 Å². The number of rotatable bonds is 3. The molecule has 0 aliphatic carbocycles. The van der Waals surface area contributed by atoms with Gasteiger partial charge in [0.05, 0.1) is 5.02 Å². The van der Waals surface area contributed by atoms with Crippen molar-refractivity contribution < 1.29 is 4.39 Å². The van der Waals surface area contributed by atoms with E-state index in [4.69, 9.17) is 23.8 Å². The Balaban J connectivity index is 1.89. The quantitative estimate of drug-likeness (QED) is 0.838. The van der Waals surface area contributed by atoms with Crippen molar-refractivity contribution in [2.75, 3.05) is 5.32 Å². The largest absolute Gasteiger partial charge is 0.358 e. The van der Waals surface area contributed by atoms with Crippen LogP contribution in [0.15, 0.2) is 48.5 Å². The minimum Gasteiger partial charge on any atom is -0.358 e. The summed E-state index contributed by atoms with van der Waals surface area (Å²) in [4.78, 5) is 0. The zero-order chi connectivity index (χ0) is 13.7. The van der Waals surface area contributed by atoms with Crippen LogP contribution in [0.3, 0.4) is 0 Å². The molecule has 19 heavy (non-hydrogen) atoms. The highest BCUT2D eigenvalue weighted by molar-refractivity contribution is 7.80. The van der Waals surface area contributed by atoms with Crippen molar-refractivity contribution >= 4 is 34.6 Å². The smallest absolute Gasteiger partial charge is 0.171 e. The van der Waals surface area contributed by atoms with Crippen LogP contribution in [-0.4, -0.2) is 5.11 Å². The second kappa shape index (κ2) is 6.50. The summed E-state index contributed by atoms with van der Waals surface area (Å²) in [5.41, 5.74) is 1.78. The molecule has 2 rings (SSSR count). The van der Waals surface area contributed by atoms with Gasteiger partial charge in [0, 0.05) is 12.2 Å². The van der Waals surface area contributed by atoms with Gasteiger partial charge >= 0.3 is 0 Å². The van der Waals surface area contributed by atoms with Crippen molar-refractivity contribution in [2.45, 2.75) is 6.54 Å². The fourth-order valence-electron chi connectivity index (χ4n) is 1.53. The van der Waals surface area contributed by atoms with E-state index in [0.717, 1.165) is 5.56 Å². The van der Waals surface area contributed by atoms with Crippen molar-refractivity contribution in [2.24, 2.45) is 0 Å². The maximum absolute atomic E-state index is 13.0. The third-order valence-electron chi connectivity index (χ3n) is 2.47. The average molecular weight is 295 g/mol. The molecule has 98 valence electrons. The van der Waals surface area contributed by atoms with E-state index in [9.17, 15) is 4.39 Å². The van der Waals surface area contributed by atoms with Crippen LogP contribution in [-0.2, 0) is 6.54 Å². The molecule has 0 aliphatic rings. The van der Waals surface area contributed by atoms with Gasteiger partial charge in [0.1, 0.15) is 5.82 Å². The van der Waals surface area contributed by atoms with Crippen molar-refractivity contribution in [1.29, 1.82) is 0 Å². The summed E-state index contributed by atoms with van der Waals surface area (Å²) in [6, 6.07) is 14.3. The lowest BCUT2D eigenvalue weighted by Crippen LogP contribution is -2.27. The van der Waals surface area contributed by atoms with Gasteiger partial charge in [-0.1, -0.05) is 41.9 Å². The van der Waals surface area contributed by atoms with E-state index in [2.05, 4.69) is 10.6 Å². The monoisotopic (exact) mass is 294 g/mol. The Hall–Kier alpha value is -1.65. The number of nitrogens with one attached hydrogen (secondary N) is 2. The Kier molecular flexibility index (Phi) is 4.71. The van der Waals surface area contributed by atoms with Gasteiger partial charge in [0.2, 0.25) is 0 Å². The Morgan fingerprint density at radius 3 is 2.58 bits per heavy atom. The minimum atomic E-state index is -0.449. The molecule has 0 heterocycles. The summed E-state index contributed by atoms with van der Waals surface area (Å²) < 4.78 is 13.0. The lowest BCUT2D eigenvalue weighted by Gasteiger charge is -2.11. The van der Waals surface area contributed by atoms with E-state index < -0.39 is 5.82 Å². The standard InChI is InChI=1S/C14H12ClFN2S/c15-12-8-11(6-7-13(12)16)18-14(19)17-9-10-4-2-1-3-5-10/h1-8H,9H2,(H2,17,18,19). The first-order chi connectivity index (χ1) is 9.15.